The molecule has 1 fully saturated rings. The Bertz CT molecular complexity index is 1540. The van der Waals surface area contributed by atoms with Gasteiger partial charge >= 0.3 is 0 Å². The van der Waals surface area contributed by atoms with Gasteiger partial charge in [0.05, 0.1) is 12.1 Å². The molecule has 7 nitrogen and oxygen atoms in total. The normalized spacial score (nSPS) is 15.5. The molecule has 0 radical (unpaired) electrons. The molecule has 7 heteroatoms. The largest absolute Gasteiger partial charge is 0.494 e. The van der Waals surface area contributed by atoms with Gasteiger partial charge in [0.25, 0.3) is 11.5 Å². The zero-order chi connectivity index (χ0) is 28.1. The first-order chi connectivity index (χ1) is 19.4. The van der Waals surface area contributed by atoms with Crippen LogP contribution in [0.2, 0.25) is 0 Å². The summed E-state index contributed by atoms with van der Waals surface area (Å²) in [7, 11) is 2.12. The highest BCUT2D eigenvalue weighted by Crippen LogP contribution is 2.23. The molecule has 1 aliphatic rings. The first-order valence-corrected chi connectivity index (χ1v) is 14.1. The number of carbonyl (C=O) groups is 1. The predicted molar refractivity (Wildman–Crippen MR) is 159 cm³/mol. The summed E-state index contributed by atoms with van der Waals surface area (Å²) in [6, 6.07) is 20.4. The molecule has 1 atom stereocenters. The topological polar surface area (TPSA) is 78.5 Å². The van der Waals surface area contributed by atoms with Crippen molar-refractivity contribution in [3.05, 3.63) is 105 Å². The lowest BCUT2D eigenvalue weighted by Crippen LogP contribution is -2.46. The summed E-state index contributed by atoms with van der Waals surface area (Å²) in [6.45, 7) is 6.53. The molecule has 0 unspecified atom stereocenters. The van der Waals surface area contributed by atoms with E-state index in [1.54, 1.807) is 6.07 Å². The molecule has 0 saturated carbocycles. The molecule has 1 aliphatic heterocycles. The molecular weight excluding hydrogens is 500 g/mol. The van der Waals surface area contributed by atoms with E-state index in [4.69, 9.17) is 4.74 Å². The summed E-state index contributed by atoms with van der Waals surface area (Å²) in [5.41, 5.74) is 5.06. The molecule has 3 heterocycles. The summed E-state index contributed by atoms with van der Waals surface area (Å²) in [5, 5.41) is 1.16. The number of nitrogens with one attached hydrogen (secondary N) is 1. The number of piperidine rings is 1. The molecule has 1 N–H and O–H groups in total. The third-order valence-corrected chi connectivity index (χ3v) is 7.84. The minimum Gasteiger partial charge on any atom is -0.494 e. The van der Waals surface area contributed by atoms with Gasteiger partial charge in [-0.3, -0.25) is 19.5 Å². The molecule has 4 aromatic rings. The van der Waals surface area contributed by atoms with E-state index < -0.39 is 0 Å². The lowest BCUT2D eigenvalue weighted by molar-refractivity contribution is 0.0578. The van der Waals surface area contributed by atoms with Crippen molar-refractivity contribution in [2.45, 2.75) is 58.7 Å². The molecule has 40 heavy (non-hydrogen) atoms. The van der Waals surface area contributed by atoms with Crippen LogP contribution in [0.25, 0.3) is 10.9 Å². The van der Waals surface area contributed by atoms with Crippen LogP contribution in [-0.4, -0.2) is 51.9 Å². The van der Waals surface area contributed by atoms with E-state index in [1.165, 1.54) is 11.1 Å². The van der Waals surface area contributed by atoms with Gasteiger partial charge in [-0.1, -0.05) is 36.4 Å². The number of para-hydroxylation sites is 1. The molecule has 5 rings (SSSR count). The summed E-state index contributed by atoms with van der Waals surface area (Å²) in [6.07, 6.45) is 5.53. The number of rotatable bonds is 9. The molecule has 208 valence electrons. The van der Waals surface area contributed by atoms with Crippen molar-refractivity contribution >= 4 is 16.8 Å². The van der Waals surface area contributed by atoms with E-state index in [0.717, 1.165) is 66.7 Å². The van der Waals surface area contributed by atoms with Crippen LogP contribution in [0.3, 0.4) is 0 Å². The number of aromatic amines is 1. The third kappa shape index (κ3) is 6.42. The SMILES string of the molecule is Cc1cc(C(=O)N2CCCC[C@H]2CCOc2cccc(CN(C)Cc3cccc4cccnc34)c2)c(=O)[nH]c1C. The predicted octanol–water partition coefficient (Wildman–Crippen LogP) is 5.64. The molecule has 2 aromatic carbocycles. The van der Waals surface area contributed by atoms with Crippen molar-refractivity contribution in [2.75, 3.05) is 20.2 Å². The van der Waals surface area contributed by atoms with E-state index in [-0.39, 0.29) is 23.1 Å². The average molecular weight is 539 g/mol. The fourth-order valence-electron chi connectivity index (χ4n) is 5.61. The average Bonchev–Trinajstić information content (AvgIpc) is 2.95. The number of benzene rings is 2. The van der Waals surface area contributed by atoms with Crippen molar-refractivity contribution in [1.29, 1.82) is 0 Å². The van der Waals surface area contributed by atoms with Gasteiger partial charge in [0.15, 0.2) is 0 Å². The van der Waals surface area contributed by atoms with Crippen molar-refractivity contribution in [1.82, 2.24) is 19.8 Å². The maximum Gasteiger partial charge on any atom is 0.261 e. The van der Waals surface area contributed by atoms with Gasteiger partial charge in [0.1, 0.15) is 11.3 Å². The molecule has 1 amide bonds. The Hall–Kier alpha value is -3.97. The maximum absolute atomic E-state index is 13.3. The Morgan fingerprint density at radius 3 is 2.77 bits per heavy atom. The Labute approximate surface area is 235 Å². The number of ether oxygens (including phenoxy) is 1. The van der Waals surface area contributed by atoms with Crippen LogP contribution in [0.5, 0.6) is 5.75 Å². The maximum atomic E-state index is 13.3. The number of carbonyl (C=O) groups excluding carboxylic acids is 1. The van der Waals surface area contributed by atoms with E-state index in [1.807, 2.05) is 43.1 Å². The first-order valence-electron chi connectivity index (χ1n) is 14.1. The highest BCUT2D eigenvalue weighted by Gasteiger charge is 2.29. The van der Waals surface area contributed by atoms with Gasteiger partial charge in [-0.25, -0.2) is 0 Å². The van der Waals surface area contributed by atoms with Crippen LogP contribution in [0.4, 0.5) is 0 Å². The number of amides is 1. The van der Waals surface area contributed by atoms with Crippen LogP contribution in [0.15, 0.2) is 71.7 Å². The summed E-state index contributed by atoms with van der Waals surface area (Å²) in [4.78, 5) is 37.4. The number of aromatic nitrogens is 2. The van der Waals surface area contributed by atoms with Crippen LogP contribution in [0.1, 0.15) is 58.4 Å². The summed E-state index contributed by atoms with van der Waals surface area (Å²) in [5.74, 6) is 0.650. The molecule has 0 aliphatic carbocycles. The van der Waals surface area contributed by atoms with Gasteiger partial charge in [-0.05, 0) is 81.1 Å². The van der Waals surface area contributed by atoms with Crippen LogP contribution in [-0.2, 0) is 13.1 Å². The number of hydrogen-bond acceptors (Lipinski definition) is 5. The van der Waals surface area contributed by atoms with Gasteiger partial charge in [0, 0.05) is 49.4 Å². The highest BCUT2D eigenvalue weighted by molar-refractivity contribution is 5.94. The highest BCUT2D eigenvalue weighted by atomic mass is 16.5. The fraction of sp³-hybridized carbons (Fsp3) is 0.364. The molecular formula is C33H38N4O3. The Morgan fingerprint density at radius 2 is 1.90 bits per heavy atom. The number of hydrogen-bond donors (Lipinski definition) is 1. The summed E-state index contributed by atoms with van der Waals surface area (Å²) < 4.78 is 6.16. The number of nitrogens with zero attached hydrogens (tertiary/aromatic N) is 3. The Kier molecular flexibility index (Phi) is 8.60. The van der Waals surface area contributed by atoms with E-state index in [0.29, 0.717) is 13.2 Å². The number of aryl methyl sites for hydroxylation is 2. The lowest BCUT2D eigenvalue weighted by atomic mass is 9.98. The number of likely N-dealkylation sites (tertiary alicyclic amines) is 1. The van der Waals surface area contributed by atoms with Crippen LogP contribution >= 0.6 is 0 Å². The van der Waals surface area contributed by atoms with E-state index >= 15 is 0 Å². The monoisotopic (exact) mass is 538 g/mol. The van der Waals surface area contributed by atoms with Crippen molar-refractivity contribution in [3.8, 4) is 5.75 Å². The lowest BCUT2D eigenvalue weighted by Gasteiger charge is -2.35. The number of pyridine rings is 2. The van der Waals surface area contributed by atoms with Gasteiger partial charge in [-0.2, -0.15) is 0 Å². The van der Waals surface area contributed by atoms with Crippen molar-refractivity contribution in [2.24, 2.45) is 0 Å². The van der Waals surface area contributed by atoms with Gasteiger partial charge in [-0.15, -0.1) is 0 Å². The van der Waals surface area contributed by atoms with Crippen molar-refractivity contribution in [3.63, 3.8) is 0 Å². The molecule has 1 saturated heterocycles. The number of fused-ring (bicyclic) bond motifs is 1. The van der Waals surface area contributed by atoms with Crippen LogP contribution < -0.4 is 10.3 Å². The minimum atomic E-state index is -0.313. The fourth-order valence-corrected chi connectivity index (χ4v) is 5.61. The Morgan fingerprint density at radius 1 is 1.07 bits per heavy atom. The second kappa shape index (κ2) is 12.5. The Balaban J connectivity index is 1.18. The summed E-state index contributed by atoms with van der Waals surface area (Å²) >= 11 is 0. The smallest absolute Gasteiger partial charge is 0.261 e. The number of H-pyrrole nitrogens is 1. The molecule has 0 spiro atoms. The zero-order valence-corrected chi connectivity index (χ0v) is 23.7. The zero-order valence-electron chi connectivity index (χ0n) is 23.7. The third-order valence-electron chi connectivity index (χ3n) is 7.84. The van der Waals surface area contributed by atoms with Gasteiger partial charge < -0.3 is 14.6 Å². The second-order valence-corrected chi connectivity index (χ2v) is 10.9. The van der Waals surface area contributed by atoms with E-state index in [2.05, 4.69) is 58.3 Å². The van der Waals surface area contributed by atoms with Crippen LogP contribution in [0, 0.1) is 13.8 Å². The minimum absolute atomic E-state index is 0.0610. The molecule has 2 aromatic heterocycles. The van der Waals surface area contributed by atoms with Gasteiger partial charge in [0.2, 0.25) is 0 Å². The van der Waals surface area contributed by atoms with E-state index in [9.17, 15) is 9.59 Å². The quantitative estimate of drug-likeness (QED) is 0.299. The first kappa shape index (κ1) is 27.6. The molecule has 0 bridgehead atoms. The standard InChI is InChI=1S/C33H38N4O3/c1-23-19-30(32(38)35-24(23)2)33(39)37-17-5-4-13-28(37)15-18-40-29-14-6-9-25(20-29)21-36(3)22-27-11-7-10-26-12-8-16-34-31(26)27/h6-12,14,16,19-20,28H,4-5,13,15,17-18,21-22H2,1-3H3,(H,35,38)/t28-/m0/s1. The second-order valence-electron chi connectivity index (χ2n) is 10.9. The van der Waals surface area contributed by atoms with Crippen molar-refractivity contribution < 1.29 is 9.53 Å².